The summed E-state index contributed by atoms with van der Waals surface area (Å²) in [6.45, 7) is 1.68. The number of hydrogen-bond donors (Lipinski definition) is 2. The number of hydrogen-bond acceptors (Lipinski definition) is 4. The van der Waals surface area contributed by atoms with Crippen molar-refractivity contribution >= 4 is 17.8 Å². The number of carboxylic acid groups (broad SMARTS) is 2. The average Bonchev–Trinajstić information content (AvgIpc) is 2.69. The lowest BCUT2D eigenvalue weighted by atomic mass is 10.0. The van der Waals surface area contributed by atoms with Gasteiger partial charge in [-0.25, -0.2) is 4.79 Å². The van der Waals surface area contributed by atoms with Crippen molar-refractivity contribution in [2.45, 2.75) is 25.4 Å². The van der Waals surface area contributed by atoms with E-state index < -0.39 is 36.4 Å². The van der Waals surface area contributed by atoms with Crippen molar-refractivity contribution in [2.75, 3.05) is 0 Å². The van der Waals surface area contributed by atoms with Crippen molar-refractivity contribution in [3.63, 3.8) is 0 Å². The van der Waals surface area contributed by atoms with E-state index in [0.29, 0.717) is 11.1 Å². The molecule has 0 aromatic heterocycles. The summed E-state index contributed by atoms with van der Waals surface area (Å²) in [4.78, 5) is 35.4. The van der Waals surface area contributed by atoms with Crippen LogP contribution >= 0.6 is 0 Å². The van der Waals surface area contributed by atoms with Crippen LogP contribution in [-0.4, -0.2) is 39.0 Å². The Hall–Kier alpha value is -2.88. The first-order chi connectivity index (χ1) is 9.88. The predicted octanol–water partition coefficient (Wildman–Crippen LogP) is 0.943. The van der Waals surface area contributed by atoms with Gasteiger partial charge in [0, 0.05) is 11.1 Å². The summed E-state index contributed by atoms with van der Waals surface area (Å²) in [5.74, 6) is -3.42. The van der Waals surface area contributed by atoms with Gasteiger partial charge in [-0.3, -0.25) is 9.59 Å². The van der Waals surface area contributed by atoms with Gasteiger partial charge in [0.25, 0.3) is 5.91 Å². The molecule has 2 unspecified atom stereocenters. The first kappa shape index (κ1) is 14.5. The number of carbonyl (C=O) groups excluding carboxylic acids is 1. The minimum atomic E-state index is -1.58. The molecule has 0 spiro atoms. The summed E-state index contributed by atoms with van der Waals surface area (Å²) in [5, 5.41) is 27.3. The molecule has 0 aliphatic carbocycles. The molecule has 2 rings (SSSR count). The van der Waals surface area contributed by atoms with Crippen LogP contribution in [-0.2, 0) is 9.59 Å². The zero-order valence-corrected chi connectivity index (χ0v) is 11.1. The smallest absolute Gasteiger partial charge is 0.327 e. The summed E-state index contributed by atoms with van der Waals surface area (Å²) >= 11 is 0. The maximum absolute atomic E-state index is 12.4. The van der Waals surface area contributed by atoms with Crippen LogP contribution in [0.4, 0.5) is 0 Å². The molecule has 0 bridgehead atoms. The number of rotatable bonds is 4. The molecule has 0 fully saturated rings. The lowest BCUT2D eigenvalue weighted by molar-refractivity contribution is -0.149. The molecule has 1 amide bonds. The normalized spacial score (nSPS) is 18.0. The number of aryl methyl sites for hydroxylation is 1. The van der Waals surface area contributed by atoms with Gasteiger partial charge in [0.05, 0.1) is 12.5 Å². The number of carbonyl (C=O) groups is 3. The third-order valence-corrected chi connectivity index (χ3v) is 3.44. The van der Waals surface area contributed by atoms with E-state index in [1.54, 1.807) is 25.1 Å². The first-order valence-electron chi connectivity index (χ1n) is 6.15. The number of fused-ring (bicyclic) bond motifs is 1. The molecule has 2 atom stereocenters. The third kappa shape index (κ3) is 2.31. The van der Waals surface area contributed by atoms with Crippen LogP contribution in [0.3, 0.4) is 0 Å². The largest absolute Gasteiger partial charge is 0.481 e. The Bertz CT molecular complexity index is 676. The molecule has 1 aromatic rings. The van der Waals surface area contributed by atoms with Gasteiger partial charge >= 0.3 is 11.9 Å². The molecule has 0 saturated heterocycles. The third-order valence-electron chi connectivity index (χ3n) is 3.44. The summed E-state index contributed by atoms with van der Waals surface area (Å²) < 4.78 is 0. The predicted molar refractivity (Wildman–Crippen MR) is 69.4 cm³/mol. The molecule has 0 radical (unpaired) electrons. The fraction of sp³-hybridized carbons (Fsp3) is 0.286. The van der Waals surface area contributed by atoms with E-state index in [2.05, 4.69) is 0 Å². The van der Waals surface area contributed by atoms with E-state index in [0.717, 1.165) is 4.90 Å². The number of nitriles is 1. The molecule has 1 aromatic carbocycles. The summed E-state index contributed by atoms with van der Waals surface area (Å²) in [5.41, 5.74) is 1.32. The highest BCUT2D eigenvalue weighted by Crippen LogP contribution is 2.37. The Kier molecular flexibility index (Phi) is 3.63. The van der Waals surface area contributed by atoms with Gasteiger partial charge in [0.2, 0.25) is 0 Å². The van der Waals surface area contributed by atoms with Crippen molar-refractivity contribution in [3.05, 3.63) is 34.9 Å². The molecule has 7 heteroatoms. The van der Waals surface area contributed by atoms with Gasteiger partial charge in [-0.1, -0.05) is 18.2 Å². The fourth-order valence-corrected chi connectivity index (χ4v) is 2.53. The van der Waals surface area contributed by atoms with E-state index in [1.807, 2.05) is 6.07 Å². The van der Waals surface area contributed by atoms with Crippen molar-refractivity contribution in [1.29, 1.82) is 5.26 Å². The molecule has 2 N–H and O–H groups in total. The molecule has 21 heavy (non-hydrogen) atoms. The average molecular weight is 288 g/mol. The van der Waals surface area contributed by atoms with Gasteiger partial charge in [0.15, 0.2) is 0 Å². The van der Waals surface area contributed by atoms with Crippen LogP contribution in [0.25, 0.3) is 0 Å². The molecule has 1 aliphatic rings. The topological polar surface area (TPSA) is 119 Å². The van der Waals surface area contributed by atoms with Gasteiger partial charge in [-0.05, 0) is 12.5 Å². The molecule has 1 aliphatic heterocycles. The van der Waals surface area contributed by atoms with Crippen LogP contribution in [0.5, 0.6) is 0 Å². The molecule has 108 valence electrons. The highest BCUT2D eigenvalue weighted by Gasteiger charge is 2.45. The van der Waals surface area contributed by atoms with E-state index in [1.165, 1.54) is 0 Å². The second-order valence-electron chi connectivity index (χ2n) is 4.74. The second kappa shape index (κ2) is 5.25. The summed E-state index contributed by atoms with van der Waals surface area (Å²) in [6, 6.07) is 4.15. The Morgan fingerprint density at radius 1 is 1.43 bits per heavy atom. The standard InChI is InChI=1S/C14H12N2O5/c1-7-3-2-4-8-10(6-15)16(13(19)12(7)8)9(14(20)21)5-11(17)18/h2-4,9-10H,5H2,1H3,(H,17,18)(H,20,21). The highest BCUT2D eigenvalue weighted by molar-refractivity contribution is 6.03. The number of aliphatic carboxylic acids is 2. The van der Waals surface area contributed by atoms with E-state index in [9.17, 15) is 24.8 Å². The highest BCUT2D eigenvalue weighted by atomic mass is 16.4. The minimum Gasteiger partial charge on any atom is -0.481 e. The first-order valence-corrected chi connectivity index (χ1v) is 6.15. The lowest BCUT2D eigenvalue weighted by Crippen LogP contribution is -2.44. The Labute approximate surface area is 120 Å². The quantitative estimate of drug-likeness (QED) is 0.851. The molecule has 1 heterocycles. The van der Waals surface area contributed by atoms with Crippen molar-refractivity contribution < 1.29 is 24.6 Å². The zero-order chi connectivity index (χ0) is 15.7. The Morgan fingerprint density at radius 2 is 2.10 bits per heavy atom. The number of nitrogens with zero attached hydrogens (tertiary/aromatic N) is 2. The SMILES string of the molecule is Cc1cccc2c1C(=O)N(C(CC(=O)O)C(=O)O)C2C#N. The van der Waals surface area contributed by atoms with Crippen LogP contribution in [0.1, 0.15) is 33.9 Å². The Morgan fingerprint density at radius 3 is 2.62 bits per heavy atom. The second-order valence-corrected chi connectivity index (χ2v) is 4.74. The maximum atomic E-state index is 12.4. The molecular weight excluding hydrogens is 276 g/mol. The van der Waals surface area contributed by atoms with Crippen molar-refractivity contribution in [1.82, 2.24) is 4.90 Å². The maximum Gasteiger partial charge on any atom is 0.327 e. The van der Waals surface area contributed by atoms with Gasteiger partial charge in [-0.2, -0.15) is 5.26 Å². The van der Waals surface area contributed by atoms with Gasteiger partial charge in [0.1, 0.15) is 12.1 Å². The van der Waals surface area contributed by atoms with E-state index in [-0.39, 0.29) is 5.56 Å². The van der Waals surface area contributed by atoms with E-state index in [4.69, 9.17) is 5.11 Å². The summed E-state index contributed by atoms with van der Waals surface area (Å²) in [7, 11) is 0. The zero-order valence-electron chi connectivity index (χ0n) is 11.1. The van der Waals surface area contributed by atoms with E-state index >= 15 is 0 Å². The summed E-state index contributed by atoms with van der Waals surface area (Å²) in [6.07, 6.45) is -0.758. The van der Waals surface area contributed by atoms with Crippen LogP contribution in [0, 0.1) is 18.3 Å². The number of amides is 1. The fourth-order valence-electron chi connectivity index (χ4n) is 2.53. The van der Waals surface area contributed by atoms with Crippen LogP contribution in [0.2, 0.25) is 0 Å². The molecule has 0 saturated carbocycles. The number of carboxylic acids is 2. The van der Waals surface area contributed by atoms with Gasteiger partial charge in [-0.15, -0.1) is 0 Å². The minimum absolute atomic E-state index is 0.278. The monoisotopic (exact) mass is 288 g/mol. The number of benzene rings is 1. The van der Waals surface area contributed by atoms with Crippen LogP contribution < -0.4 is 0 Å². The van der Waals surface area contributed by atoms with Crippen molar-refractivity contribution in [2.24, 2.45) is 0 Å². The Balaban J connectivity index is 2.53. The van der Waals surface area contributed by atoms with Gasteiger partial charge < -0.3 is 15.1 Å². The lowest BCUT2D eigenvalue weighted by Gasteiger charge is -2.26. The molecular formula is C14H12N2O5. The molecule has 7 nitrogen and oxygen atoms in total. The van der Waals surface area contributed by atoms with Crippen molar-refractivity contribution in [3.8, 4) is 6.07 Å². The van der Waals surface area contributed by atoms with Crippen LogP contribution in [0.15, 0.2) is 18.2 Å².